The summed E-state index contributed by atoms with van der Waals surface area (Å²) in [6, 6.07) is -0.694. The van der Waals surface area contributed by atoms with Crippen LogP contribution in [0.15, 0.2) is 0 Å². The number of nitrogens with one attached hydrogen (secondary N) is 2. The van der Waals surface area contributed by atoms with Gasteiger partial charge in [-0.05, 0) is 7.05 Å². The maximum Gasteiger partial charge on any atom is 0.336 e. The van der Waals surface area contributed by atoms with E-state index in [1.54, 1.807) is 7.05 Å². The van der Waals surface area contributed by atoms with Gasteiger partial charge in [-0.3, -0.25) is 10.2 Å². The number of rotatable bonds is 3. The minimum Gasteiger partial charge on any atom is -0.350 e. The highest BCUT2D eigenvalue weighted by Gasteiger charge is 1.85. The topological polar surface area (TPSA) is 76.4 Å². The third kappa shape index (κ3) is 5.19. The quantitative estimate of drug-likeness (QED) is 0.247. The first-order chi connectivity index (χ1) is 3.77. The van der Waals surface area contributed by atoms with Crippen molar-refractivity contribution in [1.29, 1.82) is 0 Å². The number of hydrogen-bond donors (Lipinski definition) is 3. The number of hydrogen-bond acceptors (Lipinski definition) is 3. The van der Waals surface area contributed by atoms with Gasteiger partial charge in [-0.25, -0.2) is 10.3 Å². The fourth-order valence-corrected chi connectivity index (χ4v) is 0.179. The minimum atomic E-state index is -0.694. The highest BCUT2D eigenvalue weighted by Crippen LogP contribution is 1.57. The van der Waals surface area contributed by atoms with Crippen LogP contribution in [0.3, 0.4) is 0 Å². The van der Waals surface area contributed by atoms with Gasteiger partial charge in [0.25, 0.3) is 0 Å². The van der Waals surface area contributed by atoms with Crippen LogP contribution >= 0.6 is 0 Å². The van der Waals surface area contributed by atoms with Gasteiger partial charge in [0.1, 0.15) is 6.73 Å². The average Bonchev–Trinajstić information content (AvgIpc) is 1.66. The molecule has 0 fully saturated rings. The van der Waals surface area contributed by atoms with Crippen LogP contribution in [0.25, 0.3) is 0 Å². The number of carbonyl (C=O) groups excluding carboxylic acids is 1. The Balaban J connectivity index is 2.82. The summed E-state index contributed by atoms with van der Waals surface area (Å²) >= 11 is 0. The number of primary amides is 1. The highest BCUT2D eigenvalue weighted by molar-refractivity contribution is 5.70. The van der Waals surface area contributed by atoms with Crippen molar-refractivity contribution in [2.45, 2.75) is 0 Å². The van der Waals surface area contributed by atoms with Crippen LogP contribution in [0.2, 0.25) is 0 Å². The Labute approximate surface area is 47.1 Å². The van der Waals surface area contributed by atoms with Crippen molar-refractivity contribution in [1.82, 2.24) is 10.8 Å². The van der Waals surface area contributed by atoms with Crippen molar-refractivity contribution in [3.63, 3.8) is 0 Å². The fraction of sp³-hybridized carbons (Fsp3) is 0.667. The molecule has 0 bridgehead atoms. The molecule has 0 unspecified atom stereocenters. The van der Waals surface area contributed by atoms with E-state index in [1.165, 1.54) is 0 Å². The molecular formula is C3H9N3O2. The lowest BCUT2D eigenvalue weighted by Gasteiger charge is -1.98. The molecule has 0 heterocycles. The summed E-state index contributed by atoms with van der Waals surface area (Å²) in [5.41, 5.74) is 6.55. The van der Waals surface area contributed by atoms with E-state index in [0.717, 1.165) is 0 Å². The lowest BCUT2D eigenvalue weighted by atomic mass is 11.1. The monoisotopic (exact) mass is 119 g/mol. The van der Waals surface area contributed by atoms with Crippen LogP contribution in [0.5, 0.6) is 0 Å². The Kier molecular flexibility index (Phi) is 3.91. The smallest absolute Gasteiger partial charge is 0.336 e. The normalized spacial score (nSPS) is 8.62. The Bertz CT molecular complexity index is 74.9. The molecule has 0 aromatic heterocycles. The lowest BCUT2D eigenvalue weighted by Crippen LogP contribution is -2.32. The van der Waals surface area contributed by atoms with Crippen molar-refractivity contribution >= 4 is 6.03 Å². The van der Waals surface area contributed by atoms with E-state index < -0.39 is 6.03 Å². The zero-order valence-corrected chi connectivity index (χ0v) is 4.60. The Morgan fingerprint density at radius 3 is 2.88 bits per heavy atom. The van der Waals surface area contributed by atoms with E-state index >= 15 is 0 Å². The van der Waals surface area contributed by atoms with Crippen LogP contribution in [-0.2, 0) is 4.84 Å². The molecule has 0 saturated heterocycles. The summed E-state index contributed by atoms with van der Waals surface area (Å²) in [5, 5.41) is 2.63. The van der Waals surface area contributed by atoms with Gasteiger partial charge < -0.3 is 5.73 Å². The Morgan fingerprint density at radius 2 is 2.50 bits per heavy atom. The van der Waals surface area contributed by atoms with Gasteiger partial charge in [-0.15, -0.1) is 0 Å². The van der Waals surface area contributed by atoms with Crippen molar-refractivity contribution < 1.29 is 9.63 Å². The molecule has 0 spiro atoms. The van der Waals surface area contributed by atoms with Gasteiger partial charge in [0.2, 0.25) is 0 Å². The van der Waals surface area contributed by atoms with Crippen molar-refractivity contribution in [3.05, 3.63) is 0 Å². The summed E-state index contributed by atoms with van der Waals surface area (Å²) in [6.45, 7) is 0.253. The highest BCUT2D eigenvalue weighted by atomic mass is 16.7. The number of carbonyl (C=O) groups is 1. The predicted molar refractivity (Wildman–Crippen MR) is 27.7 cm³/mol. The van der Waals surface area contributed by atoms with Crippen LogP contribution in [0, 0.1) is 0 Å². The second-order valence-electron chi connectivity index (χ2n) is 1.11. The number of urea groups is 1. The summed E-state index contributed by atoms with van der Waals surface area (Å²) in [6.07, 6.45) is 0. The van der Waals surface area contributed by atoms with Gasteiger partial charge in [0, 0.05) is 0 Å². The van der Waals surface area contributed by atoms with E-state index in [-0.39, 0.29) is 6.73 Å². The molecule has 48 valence electrons. The molecule has 0 atom stereocenters. The molecule has 2 amide bonds. The van der Waals surface area contributed by atoms with Crippen LogP contribution in [-0.4, -0.2) is 19.8 Å². The van der Waals surface area contributed by atoms with E-state index in [2.05, 4.69) is 15.9 Å². The van der Waals surface area contributed by atoms with Crippen LogP contribution in [0.1, 0.15) is 0 Å². The van der Waals surface area contributed by atoms with Crippen LogP contribution in [0.4, 0.5) is 4.79 Å². The molecule has 0 aliphatic heterocycles. The Morgan fingerprint density at radius 1 is 1.88 bits per heavy atom. The van der Waals surface area contributed by atoms with E-state index in [9.17, 15) is 4.79 Å². The minimum absolute atomic E-state index is 0.253. The first-order valence-electron chi connectivity index (χ1n) is 2.09. The predicted octanol–water partition coefficient (Wildman–Crippen LogP) is -1.24. The van der Waals surface area contributed by atoms with Gasteiger partial charge in [0.05, 0.1) is 0 Å². The molecule has 0 radical (unpaired) electrons. The molecule has 0 aliphatic rings. The second kappa shape index (κ2) is 4.35. The zero-order valence-electron chi connectivity index (χ0n) is 4.60. The van der Waals surface area contributed by atoms with Gasteiger partial charge >= 0.3 is 6.03 Å². The van der Waals surface area contributed by atoms with Crippen LogP contribution < -0.4 is 16.5 Å². The maximum absolute atomic E-state index is 9.83. The molecule has 0 saturated carbocycles. The molecule has 0 aromatic carbocycles. The number of nitrogens with two attached hydrogens (primary N) is 1. The summed E-state index contributed by atoms with van der Waals surface area (Å²) < 4.78 is 0. The maximum atomic E-state index is 9.83. The third-order valence-corrected chi connectivity index (χ3v) is 0.389. The zero-order chi connectivity index (χ0) is 6.41. The van der Waals surface area contributed by atoms with Gasteiger partial charge in [0.15, 0.2) is 0 Å². The lowest BCUT2D eigenvalue weighted by molar-refractivity contribution is 0.0551. The Hall–Kier alpha value is -0.810. The van der Waals surface area contributed by atoms with Crippen molar-refractivity contribution in [2.75, 3.05) is 13.8 Å². The fourth-order valence-electron chi connectivity index (χ4n) is 0.179. The van der Waals surface area contributed by atoms with Crippen molar-refractivity contribution in [3.8, 4) is 0 Å². The first-order valence-corrected chi connectivity index (χ1v) is 2.09. The molecule has 0 rings (SSSR count). The summed E-state index contributed by atoms with van der Waals surface area (Å²) in [4.78, 5) is 14.2. The SMILES string of the molecule is CNCONC(N)=O. The first kappa shape index (κ1) is 7.19. The van der Waals surface area contributed by atoms with Gasteiger partial charge in [-0.2, -0.15) is 0 Å². The molecule has 8 heavy (non-hydrogen) atoms. The molecule has 0 aromatic rings. The average molecular weight is 119 g/mol. The van der Waals surface area contributed by atoms with E-state index in [4.69, 9.17) is 0 Å². The second-order valence-corrected chi connectivity index (χ2v) is 1.11. The van der Waals surface area contributed by atoms with E-state index in [1.807, 2.05) is 5.48 Å². The van der Waals surface area contributed by atoms with E-state index in [0.29, 0.717) is 0 Å². The number of hydroxylamine groups is 1. The largest absolute Gasteiger partial charge is 0.350 e. The molecular weight excluding hydrogens is 110 g/mol. The third-order valence-electron chi connectivity index (χ3n) is 0.389. The molecule has 0 aliphatic carbocycles. The standard InChI is InChI=1S/C3H9N3O2/c1-5-2-8-6-3(4)7/h5H,2H2,1H3,(H3,4,6,7). The molecule has 5 nitrogen and oxygen atoms in total. The molecule has 5 heteroatoms. The van der Waals surface area contributed by atoms with Crippen molar-refractivity contribution in [2.24, 2.45) is 5.73 Å². The summed E-state index contributed by atoms with van der Waals surface area (Å²) in [5.74, 6) is 0. The van der Waals surface area contributed by atoms with Gasteiger partial charge in [-0.1, -0.05) is 0 Å². The molecule has 4 N–H and O–H groups in total. The number of amides is 2. The summed E-state index contributed by atoms with van der Waals surface area (Å²) in [7, 11) is 1.68.